The molecule has 18 heavy (non-hydrogen) atoms. The standard InChI is InChI=1S/C14H12ClN3/c15-12-5-3-10(4-6-12)13-9-18-7-1-2-11(8-16)14(18)17-13/h1-7,9H,8,16H2. The van der Waals surface area contributed by atoms with Gasteiger partial charge in [0.15, 0.2) is 0 Å². The first-order valence-corrected chi connectivity index (χ1v) is 6.08. The molecule has 2 heterocycles. The number of hydrogen-bond acceptors (Lipinski definition) is 2. The van der Waals surface area contributed by atoms with Crippen molar-refractivity contribution in [2.75, 3.05) is 0 Å². The number of hydrogen-bond donors (Lipinski definition) is 1. The Morgan fingerprint density at radius 1 is 1.17 bits per heavy atom. The molecule has 3 nitrogen and oxygen atoms in total. The van der Waals surface area contributed by atoms with Gasteiger partial charge in [-0.3, -0.25) is 0 Å². The van der Waals surface area contributed by atoms with Gasteiger partial charge in [-0.2, -0.15) is 0 Å². The van der Waals surface area contributed by atoms with E-state index in [0.29, 0.717) is 6.54 Å². The van der Waals surface area contributed by atoms with Crippen LogP contribution in [0.5, 0.6) is 0 Å². The molecular weight excluding hydrogens is 246 g/mol. The summed E-state index contributed by atoms with van der Waals surface area (Å²) in [5.74, 6) is 0. The van der Waals surface area contributed by atoms with E-state index in [1.807, 2.05) is 53.2 Å². The second-order valence-corrected chi connectivity index (χ2v) is 4.54. The zero-order chi connectivity index (χ0) is 12.5. The Morgan fingerprint density at radius 2 is 1.94 bits per heavy atom. The Balaban J connectivity index is 2.16. The highest BCUT2D eigenvalue weighted by Crippen LogP contribution is 2.22. The van der Waals surface area contributed by atoms with E-state index in [1.165, 1.54) is 0 Å². The molecule has 3 aromatic rings. The average molecular weight is 258 g/mol. The zero-order valence-electron chi connectivity index (χ0n) is 9.68. The third kappa shape index (κ3) is 1.88. The molecule has 0 atom stereocenters. The Labute approximate surface area is 110 Å². The van der Waals surface area contributed by atoms with E-state index in [4.69, 9.17) is 17.3 Å². The molecule has 4 heteroatoms. The van der Waals surface area contributed by atoms with Gasteiger partial charge in [-0.1, -0.05) is 29.8 Å². The van der Waals surface area contributed by atoms with Gasteiger partial charge in [0, 0.05) is 35.1 Å². The van der Waals surface area contributed by atoms with Crippen LogP contribution in [0, 0.1) is 0 Å². The lowest BCUT2D eigenvalue weighted by Gasteiger charge is -1.98. The van der Waals surface area contributed by atoms with Crippen LogP contribution in [0.2, 0.25) is 5.02 Å². The first-order chi connectivity index (χ1) is 8.78. The maximum atomic E-state index is 5.88. The molecule has 0 aliphatic heterocycles. The van der Waals surface area contributed by atoms with Crippen molar-refractivity contribution in [3.8, 4) is 11.3 Å². The third-order valence-corrected chi connectivity index (χ3v) is 3.18. The quantitative estimate of drug-likeness (QED) is 0.767. The van der Waals surface area contributed by atoms with Crippen molar-refractivity contribution in [1.29, 1.82) is 0 Å². The summed E-state index contributed by atoms with van der Waals surface area (Å²) in [6, 6.07) is 11.6. The molecule has 0 saturated carbocycles. The molecule has 2 aromatic heterocycles. The van der Waals surface area contributed by atoms with E-state index in [1.54, 1.807) is 0 Å². The summed E-state index contributed by atoms with van der Waals surface area (Å²) >= 11 is 5.88. The monoisotopic (exact) mass is 257 g/mol. The molecule has 0 aliphatic carbocycles. The van der Waals surface area contributed by atoms with Gasteiger partial charge in [-0.05, 0) is 18.2 Å². The van der Waals surface area contributed by atoms with Crippen LogP contribution in [0.3, 0.4) is 0 Å². The molecular formula is C14H12ClN3. The SMILES string of the molecule is NCc1cccn2cc(-c3ccc(Cl)cc3)nc12. The fourth-order valence-corrected chi connectivity index (χ4v) is 2.12. The van der Waals surface area contributed by atoms with Crippen LogP contribution in [0.4, 0.5) is 0 Å². The molecule has 0 amide bonds. The number of rotatable bonds is 2. The number of halogens is 1. The van der Waals surface area contributed by atoms with Crippen LogP contribution in [-0.2, 0) is 6.54 Å². The summed E-state index contributed by atoms with van der Waals surface area (Å²) in [5, 5.41) is 0.727. The van der Waals surface area contributed by atoms with Gasteiger partial charge in [-0.25, -0.2) is 4.98 Å². The summed E-state index contributed by atoms with van der Waals surface area (Å²) in [6.45, 7) is 0.488. The Kier molecular flexibility index (Phi) is 2.78. The van der Waals surface area contributed by atoms with Gasteiger partial charge in [0.2, 0.25) is 0 Å². The van der Waals surface area contributed by atoms with Crippen LogP contribution in [0.25, 0.3) is 16.9 Å². The number of aromatic nitrogens is 2. The number of benzene rings is 1. The van der Waals surface area contributed by atoms with Crippen molar-refractivity contribution in [3.05, 3.63) is 59.4 Å². The van der Waals surface area contributed by atoms with Gasteiger partial charge < -0.3 is 10.1 Å². The van der Waals surface area contributed by atoms with Crippen molar-refractivity contribution >= 4 is 17.2 Å². The van der Waals surface area contributed by atoms with Crippen molar-refractivity contribution in [1.82, 2.24) is 9.38 Å². The molecule has 3 rings (SSSR count). The van der Waals surface area contributed by atoms with E-state index in [0.717, 1.165) is 27.5 Å². The van der Waals surface area contributed by atoms with Crippen LogP contribution < -0.4 is 5.73 Å². The average Bonchev–Trinajstić information content (AvgIpc) is 2.83. The zero-order valence-corrected chi connectivity index (χ0v) is 10.4. The summed E-state index contributed by atoms with van der Waals surface area (Å²) < 4.78 is 1.99. The second-order valence-electron chi connectivity index (χ2n) is 4.10. The fraction of sp³-hybridized carbons (Fsp3) is 0.0714. The Bertz CT molecular complexity index is 686. The van der Waals surface area contributed by atoms with Gasteiger partial charge in [-0.15, -0.1) is 0 Å². The van der Waals surface area contributed by atoms with Crippen LogP contribution >= 0.6 is 11.6 Å². The molecule has 0 aliphatic rings. The summed E-state index contributed by atoms with van der Waals surface area (Å²) in [5.41, 5.74) is 9.63. The lowest BCUT2D eigenvalue weighted by molar-refractivity contribution is 1.04. The molecule has 90 valence electrons. The van der Waals surface area contributed by atoms with Crippen molar-refractivity contribution in [3.63, 3.8) is 0 Å². The topological polar surface area (TPSA) is 43.3 Å². The molecule has 0 saturated heterocycles. The number of nitrogens with two attached hydrogens (primary N) is 1. The molecule has 1 aromatic carbocycles. The van der Waals surface area contributed by atoms with E-state index in [2.05, 4.69) is 4.98 Å². The summed E-state index contributed by atoms with van der Waals surface area (Å²) in [7, 11) is 0. The highest BCUT2D eigenvalue weighted by Gasteiger charge is 2.06. The molecule has 2 N–H and O–H groups in total. The number of pyridine rings is 1. The Hall–Kier alpha value is -1.84. The number of nitrogens with zero attached hydrogens (tertiary/aromatic N) is 2. The van der Waals surface area contributed by atoms with Crippen molar-refractivity contribution in [2.45, 2.75) is 6.54 Å². The number of imidazole rings is 1. The predicted octanol–water partition coefficient (Wildman–Crippen LogP) is 3.11. The normalized spacial score (nSPS) is 11.0. The highest BCUT2D eigenvalue weighted by molar-refractivity contribution is 6.30. The largest absolute Gasteiger partial charge is 0.326 e. The van der Waals surface area contributed by atoms with E-state index < -0.39 is 0 Å². The minimum atomic E-state index is 0.488. The molecule has 0 fully saturated rings. The summed E-state index contributed by atoms with van der Waals surface area (Å²) in [6.07, 6.45) is 3.97. The van der Waals surface area contributed by atoms with Crippen molar-refractivity contribution < 1.29 is 0 Å². The highest BCUT2D eigenvalue weighted by atomic mass is 35.5. The maximum absolute atomic E-state index is 5.88. The van der Waals surface area contributed by atoms with Gasteiger partial charge in [0.05, 0.1) is 5.69 Å². The Morgan fingerprint density at radius 3 is 2.67 bits per heavy atom. The van der Waals surface area contributed by atoms with Crippen LogP contribution in [0.15, 0.2) is 48.8 Å². The van der Waals surface area contributed by atoms with Crippen molar-refractivity contribution in [2.24, 2.45) is 5.73 Å². The van der Waals surface area contributed by atoms with E-state index >= 15 is 0 Å². The minimum absolute atomic E-state index is 0.488. The fourth-order valence-electron chi connectivity index (χ4n) is 1.99. The molecule has 0 spiro atoms. The number of fused-ring (bicyclic) bond motifs is 1. The molecule has 0 unspecified atom stereocenters. The van der Waals surface area contributed by atoms with E-state index in [9.17, 15) is 0 Å². The van der Waals surface area contributed by atoms with Gasteiger partial charge >= 0.3 is 0 Å². The smallest absolute Gasteiger partial charge is 0.141 e. The van der Waals surface area contributed by atoms with Crippen LogP contribution in [-0.4, -0.2) is 9.38 Å². The molecule has 0 bridgehead atoms. The maximum Gasteiger partial charge on any atom is 0.141 e. The summed E-state index contributed by atoms with van der Waals surface area (Å²) in [4.78, 5) is 4.62. The third-order valence-electron chi connectivity index (χ3n) is 2.92. The first kappa shape index (κ1) is 11.3. The van der Waals surface area contributed by atoms with Gasteiger partial charge in [0.1, 0.15) is 5.65 Å². The van der Waals surface area contributed by atoms with Crippen LogP contribution in [0.1, 0.15) is 5.56 Å². The lowest BCUT2D eigenvalue weighted by atomic mass is 10.2. The van der Waals surface area contributed by atoms with E-state index in [-0.39, 0.29) is 0 Å². The van der Waals surface area contributed by atoms with Gasteiger partial charge in [0.25, 0.3) is 0 Å². The molecule has 0 radical (unpaired) electrons. The second kappa shape index (κ2) is 4.44. The minimum Gasteiger partial charge on any atom is -0.326 e. The first-order valence-electron chi connectivity index (χ1n) is 5.70. The lowest BCUT2D eigenvalue weighted by Crippen LogP contribution is -1.99. The predicted molar refractivity (Wildman–Crippen MR) is 73.5 cm³/mol.